The molecule has 6 heteroatoms. The van der Waals surface area contributed by atoms with E-state index in [2.05, 4.69) is 5.32 Å². The van der Waals surface area contributed by atoms with E-state index in [0.717, 1.165) is 32.1 Å². The topological polar surface area (TPSA) is 81.7 Å². The summed E-state index contributed by atoms with van der Waals surface area (Å²) in [6, 6.07) is 18.1. The Bertz CT molecular complexity index is 1010. The Morgan fingerprint density at radius 1 is 0.848 bits per heavy atom. The van der Waals surface area contributed by atoms with Crippen molar-refractivity contribution in [3.8, 4) is 0 Å². The van der Waals surface area contributed by atoms with Crippen LogP contribution in [0, 0.1) is 17.8 Å². The first-order chi connectivity index (χ1) is 16.0. The van der Waals surface area contributed by atoms with Crippen LogP contribution in [-0.4, -0.2) is 36.1 Å². The maximum Gasteiger partial charge on any atom is 0.338 e. The summed E-state index contributed by atoms with van der Waals surface area (Å²) in [6.07, 6.45) is 4.47. The standard InChI is InChI=1S/C27H29NO5/c29-23(11-12-28-25(30)19-7-3-1-4-8-19)33-27-15-18-13-21(16-27)24(22(14-18)17-27)32-26(31)20-9-5-2-6-10-20/h1-10,18,21-22,24H,11-17H2,(H,28,30). The molecule has 6 rings (SSSR count). The largest absolute Gasteiger partial charge is 0.459 e. The van der Waals surface area contributed by atoms with Crippen LogP contribution in [0.2, 0.25) is 0 Å². The van der Waals surface area contributed by atoms with Crippen molar-refractivity contribution in [3.63, 3.8) is 0 Å². The number of hydrogen-bond donors (Lipinski definition) is 1. The number of ether oxygens (including phenoxy) is 2. The minimum absolute atomic E-state index is 0.105. The molecule has 0 spiro atoms. The summed E-state index contributed by atoms with van der Waals surface area (Å²) in [5.41, 5.74) is 0.695. The van der Waals surface area contributed by atoms with Crippen LogP contribution >= 0.6 is 0 Å². The van der Waals surface area contributed by atoms with Crippen molar-refractivity contribution in [2.45, 2.75) is 50.2 Å². The Kier molecular flexibility index (Phi) is 5.92. The molecule has 172 valence electrons. The number of benzene rings is 2. The fourth-order valence-electron chi connectivity index (χ4n) is 6.25. The molecule has 0 saturated heterocycles. The highest BCUT2D eigenvalue weighted by atomic mass is 16.6. The van der Waals surface area contributed by atoms with Gasteiger partial charge >= 0.3 is 11.9 Å². The van der Waals surface area contributed by atoms with E-state index in [-0.39, 0.29) is 48.8 Å². The molecule has 4 saturated carbocycles. The SMILES string of the molecule is O=C(CCNC(=O)c1ccccc1)OC12CC3CC(C1)C(OC(=O)c1ccccc1)C(C3)C2. The zero-order chi connectivity index (χ0) is 22.8. The number of nitrogens with one attached hydrogen (secondary N) is 1. The number of esters is 2. The highest BCUT2D eigenvalue weighted by Crippen LogP contribution is 2.58. The summed E-state index contributed by atoms with van der Waals surface area (Å²) < 4.78 is 12.0. The average molecular weight is 448 g/mol. The van der Waals surface area contributed by atoms with E-state index in [0.29, 0.717) is 17.0 Å². The predicted octanol–water partition coefficient (Wildman–Crippen LogP) is 4.15. The molecule has 4 aliphatic carbocycles. The van der Waals surface area contributed by atoms with E-state index in [1.54, 1.807) is 36.4 Å². The molecule has 6 nitrogen and oxygen atoms in total. The Balaban J connectivity index is 1.15. The molecule has 0 aromatic heterocycles. The van der Waals surface area contributed by atoms with Crippen molar-refractivity contribution in [3.05, 3.63) is 71.8 Å². The lowest BCUT2D eigenvalue weighted by molar-refractivity contribution is -0.206. The number of hydrogen-bond acceptors (Lipinski definition) is 5. The van der Waals surface area contributed by atoms with Crippen LogP contribution in [0.4, 0.5) is 0 Å². The Morgan fingerprint density at radius 2 is 1.45 bits per heavy atom. The number of rotatable bonds is 7. The molecular formula is C27H29NO5. The van der Waals surface area contributed by atoms with E-state index < -0.39 is 5.60 Å². The molecule has 4 fully saturated rings. The summed E-state index contributed by atoms with van der Waals surface area (Å²) in [7, 11) is 0. The third kappa shape index (κ3) is 4.65. The monoisotopic (exact) mass is 447 g/mol. The summed E-state index contributed by atoms with van der Waals surface area (Å²) in [5.74, 6) is 0.237. The second-order valence-corrected chi connectivity index (χ2v) is 9.73. The van der Waals surface area contributed by atoms with E-state index in [9.17, 15) is 14.4 Å². The van der Waals surface area contributed by atoms with E-state index in [1.807, 2.05) is 24.3 Å². The lowest BCUT2D eigenvalue weighted by Gasteiger charge is -2.58. The minimum atomic E-state index is -0.452. The van der Waals surface area contributed by atoms with Gasteiger partial charge in [-0.05, 0) is 62.3 Å². The van der Waals surface area contributed by atoms with Gasteiger partial charge in [0.15, 0.2) is 0 Å². The number of amides is 1. The molecule has 0 radical (unpaired) electrons. The van der Waals surface area contributed by atoms with Crippen molar-refractivity contribution < 1.29 is 23.9 Å². The second kappa shape index (κ2) is 9.00. The fourth-order valence-corrected chi connectivity index (χ4v) is 6.25. The summed E-state index contributed by atoms with van der Waals surface area (Å²) in [5, 5.41) is 2.78. The van der Waals surface area contributed by atoms with Crippen LogP contribution in [0.15, 0.2) is 60.7 Å². The fraction of sp³-hybridized carbons (Fsp3) is 0.444. The van der Waals surface area contributed by atoms with Gasteiger partial charge in [0, 0.05) is 23.9 Å². The zero-order valence-corrected chi connectivity index (χ0v) is 18.6. The van der Waals surface area contributed by atoms with Crippen molar-refractivity contribution in [1.29, 1.82) is 0 Å². The molecule has 2 aromatic carbocycles. The van der Waals surface area contributed by atoms with E-state index >= 15 is 0 Å². The van der Waals surface area contributed by atoms with Gasteiger partial charge in [0.2, 0.25) is 0 Å². The quantitative estimate of drug-likeness (QED) is 0.645. The van der Waals surface area contributed by atoms with Crippen LogP contribution in [-0.2, 0) is 14.3 Å². The van der Waals surface area contributed by atoms with Gasteiger partial charge in [-0.1, -0.05) is 36.4 Å². The molecule has 2 atom stereocenters. The van der Waals surface area contributed by atoms with Crippen LogP contribution in [0.5, 0.6) is 0 Å². The normalized spacial score (nSPS) is 29.3. The van der Waals surface area contributed by atoms with Gasteiger partial charge in [0.05, 0.1) is 12.0 Å². The molecule has 2 aromatic rings. The van der Waals surface area contributed by atoms with E-state index in [4.69, 9.17) is 9.47 Å². The van der Waals surface area contributed by atoms with Crippen molar-refractivity contribution in [2.75, 3.05) is 6.54 Å². The van der Waals surface area contributed by atoms with Gasteiger partial charge in [-0.3, -0.25) is 9.59 Å². The molecule has 1 N–H and O–H groups in total. The van der Waals surface area contributed by atoms with Gasteiger partial charge in [0.1, 0.15) is 11.7 Å². The Morgan fingerprint density at radius 3 is 2.09 bits per heavy atom. The molecule has 33 heavy (non-hydrogen) atoms. The third-order valence-corrected chi connectivity index (χ3v) is 7.36. The minimum Gasteiger partial charge on any atom is -0.459 e. The maximum atomic E-state index is 12.6. The first-order valence-electron chi connectivity index (χ1n) is 11.8. The predicted molar refractivity (Wildman–Crippen MR) is 121 cm³/mol. The van der Waals surface area contributed by atoms with Crippen LogP contribution in [0.25, 0.3) is 0 Å². The summed E-state index contributed by atoms with van der Waals surface area (Å²) in [6.45, 7) is 0.246. The Hall–Kier alpha value is -3.15. The van der Waals surface area contributed by atoms with Crippen LogP contribution in [0.3, 0.4) is 0 Å². The molecule has 0 heterocycles. The average Bonchev–Trinajstić information content (AvgIpc) is 2.81. The molecule has 1 amide bonds. The van der Waals surface area contributed by atoms with Gasteiger partial charge in [-0.25, -0.2) is 4.79 Å². The Labute approximate surface area is 193 Å². The van der Waals surface area contributed by atoms with Crippen molar-refractivity contribution in [1.82, 2.24) is 5.32 Å². The highest BCUT2D eigenvalue weighted by Gasteiger charge is 2.58. The number of carbonyl (C=O) groups is 3. The first kappa shape index (κ1) is 21.7. The smallest absolute Gasteiger partial charge is 0.338 e. The number of carbonyl (C=O) groups excluding carboxylic acids is 3. The summed E-state index contributed by atoms with van der Waals surface area (Å²) >= 11 is 0. The zero-order valence-electron chi connectivity index (χ0n) is 18.6. The first-order valence-corrected chi connectivity index (χ1v) is 11.8. The second-order valence-electron chi connectivity index (χ2n) is 9.73. The molecule has 4 aliphatic rings. The van der Waals surface area contributed by atoms with E-state index in [1.165, 1.54) is 0 Å². The lowest BCUT2D eigenvalue weighted by atomic mass is 9.53. The van der Waals surface area contributed by atoms with Gasteiger partial charge in [-0.15, -0.1) is 0 Å². The van der Waals surface area contributed by atoms with Gasteiger partial charge in [0.25, 0.3) is 5.91 Å². The van der Waals surface area contributed by atoms with Gasteiger partial charge in [-0.2, -0.15) is 0 Å². The molecule has 4 bridgehead atoms. The van der Waals surface area contributed by atoms with Crippen molar-refractivity contribution in [2.24, 2.45) is 17.8 Å². The third-order valence-electron chi connectivity index (χ3n) is 7.36. The highest BCUT2D eigenvalue weighted by molar-refractivity contribution is 5.94. The molecule has 2 unspecified atom stereocenters. The molecular weight excluding hydrogens is 418 g/mol. The van der Waals surface area contributed by atoms with Crippen molar-refractivity contribution >= 4 is 17.8 Å². The molecule has 0 aliphatic heterocycles. The lowest BCUT2D eigenvalue weighted by Crippen LogP contribution is -2.59. The van der Waals surface area contributed by atoms with Crippen LogP contribution in [0.1, 0.15) is 59.2 Å². The van der Waals surface area contributed by atoms with Gasteiger partial charge < -0.3 is 14.8 Å². The van der Waals surface area contributed by atoms with Crippen LogP contribution < -0.4 is 5.32 Å². The maximum absolute atomic E-state index is 12.6. The summed E-state index contributed by atoms with van der Waals surface area (Å²) in [4.78, 5) is 37.4.